The van der Waals surface area contributed by atoms with Crippen LogP contribution in [-0.4, -0.2) is 36.2 Å². The molecule has 0 aliphatic carbocycles. The minimum absolute atomic E-state index is 0.150. The summed E-state index contributed by atoms with van der Waals surface area (Å²) < 4.78 is 0. The van der Waals surface area contributed by atoms with Gasteiger partial charge in [0.15, 0.2) is 0 Å². The third-order valence-corrected chi connectivity index (χ3v) is 4.54. The Kier molecular flexibility index (Phi) is 5.96. The molecule has 2 aromatic carbocycles. The second kappa shape index (κ2) is 8.58. The molecule has 1 saturated heterocycles. The number of piperidine rings is 1. The Morgan fingerprint density at radius 3 is 2.28 bits per heavy atom. The van der Waals surface area contributed by atoms with Gasteiger partial charge in [0.1, 0.15) is 0 Å². The molecule has 0 radical (unpaired) electrons. The molecular formula is C21H25N3O. The van der Waals surface area contributed by atoms with E-state index in [0.717, 1.165) is 49.3 Å². The molecule has 4 heteroatoms. The molecule has 1 fully saturated rings. The number of rotatable bonds is 5. The van der Waals surface area contributed by atoms with Crippen molar-refractivity contribution in [2.24, 2.45) is 5.10 Å². The Hall–Kier alpha value is -2.46. The highest BCUT2D eigenvalue weighted by atomic mass is 16.2. The normalized spacial score (nSPS) is 15.0. The molecule has 1 aliphatic rings. The third kappa shape index (κ3) is 4.77. The Balaban J connectivity index is 1.56. The molecule has 3 rings (SSSR count). The van der Waals surface area contributed by atoms with E-state index in [9.17, 15) is 4.79 Å². The van der Waals surface area contributed by atoms with Crippen molar-refractivity contribution in [1.29, 1.82) is 0 Å². The second-order valence-electron chi connectivity index (χ2n) is 6.40. The van der Waals surface area contributed by atoms with E-state index in [1.54, 1.807) is 0 Å². The molecule has 2 aromatic rings. The zero-order chi connectivity index (χ0) is 17.5. The van der Waals surface area contributed by atoms with Gasteiger partial charge in [0.2, 0.25) is 0 Å². The van der Waals surface area contributed by atoms with Crippen LogP contribution >= 0.6 is 0 Å². The molecule has 1 amide bonds. The molecule has 130 valence electrons. The molecule has 1 heterocycles. The van der Waals surface area contributed by atoms with Crippen LogP contribution in [0.3, 0.4) is 0 Å². The molecule has 25 heavy (non-hydrogen) atoms. The molecule has 0 spiro atoms. The zero-order valence-electron chi connectivity index (χ0n) is 14.7. The van der Waals surface area contributed by atoms with Gasteiger partial charge in [-0.2, -0.15) is 5.10 Å². The van der Waals surface area contributed by atoms with Crippen LogP contribution in [0.1, 0.15) is 36.5 Å². The predicted molar refractivity (Wildman–Crippen MR) is 103 cm³/mol. The molecule has 0 unspecified atom stereocenters. The van der Waals surface area contributed by atoms with Gasteiger partial charge < -0.3 is 4.90 Å². The highest BCUT2D eigenvalue weighted by Gasteiger charge is 2.14. The summed E-state index contributed by atoms with van der Waals surface area (Å²) >= 11 is 0. The van der Waals surface area contributed by atoms with E-state index in [2.05, 4.69) is 34.5 Å². The summed E-state index contributed by atoms with van der Waals surface area (Å²) in [6, 6.07) is 17.8. The molecule has 0 bridgehead atoms. The number of amides is 1. The number of hydrogen-bond acceptors (Lipinski definition) is 3. The van der Waals surface area contributed by atoms with Crippen LogP contribution in [0.15, 0.2) is 59.7 Å². The standard InChI is InChI=1S/C21H25N3O/c1-2-14-24-15-12-20(13-16-24)22-23-21(25)19-10-8-18(9-11-19)17-6-4-3-5-7-17/h3-11H,2,12-16H2,1H3,(H,23,25). The van der Waals surface area contributed by atoms with Crippen molar-refractivity contribution in [2.75, 3.05) is 19.6 Å². The van der Waals surface area contributed by atoms with E-state index < -0.39 is 0 Å². The van der Waals surface area contributed by atoms with Crippen LogP contribution in [0.4, 0.5) is 0 Å². The number of nitrogens with zero attached hydrogens (tertiary/aromatic N) is 2. The fourth-order valence-electron chi connectivity index (χ4n) is 3.10. The molecule has 0 aromatic heterocycles. The van der Waals surface area contributed by atoms with Crippen LogP contribution in [-0.2, 0) is 0 Å². The number of likely N-dealkylation sites (tertiary alicyclic amines) is 1. The van der Waals surface area contributed by atoms with E-state index in [1.807, 2.05) is 42.5 Å². The molecule has 1 N–H and O–H groups in total. The summed E-state index contributed by atoms with van der Waals surface area (Å²) in [5.41, 5.74) is 6.67. The van der Waals surface area contributed by atoms with Gasteiger partial charge in [-0.1, -0.05) is 49.4 Å². The Morgan fingerprint density at radius 1 is 1.00 bits per heavy atom. The van der Waals surface area contributed by atoms with Crippen molar-refractivity contribution < 1.29 is 4.79 Å². The summed E-state index contributed by atoms with van der Waals surface area (Å²) in [5.74, 6) is -0.150. The van der Waals surface area contributed by atoms with Crippen molar-refractivity contribution in [3.63, 3.8) is 0 Å². The first-order valence-electron chi connectivity index (χ1n) is 9.00. The summed E-state index contributed by atoms with van der Waals surface area (Å²) in [4.78, 5) is 14.7. The minimum Gasteiger partial charge on any atom is -0.303 e. The molecule has 0 saturated carbocycles. The van der Waals surface area contributed by atoms with Gasteiger partial charge in [-0.3, -0.25) is 4.79 Å². The van der Waals surface area contributed by atoms with E-state index in [4.69, 9.17) is 0 Å². The van der Waals surface area contributed by atoms with Crippen molar-refractivity contribution in [2.45, 2.75) is 26.2 Å². The summed E-state index contributed by atoms with van der Waals surface area (Å²) in [6.07, 6.45) is 3.06. The molecule has 4 nitrogen and oxygen atoms in total. The largest absolute Gasteiger partial charge is 0.303 e. The van der Waals surface area contributed by atoms with Gasteiger partial charge in [-0.25, -0.2) is 5.43 Å². The van der Waals surface area contributed by atoms with Crippen molar-refractivity contribution >= 4 is 11.6 Å². The number of carbonyl (C=O) groups excluding carboxylic acids is 1. The van der Waals surface area contributed by atoms with E-state index in [-0.39, 0.29) is 5.91 Å². The molecule has 1 aliphatic heterocycles. The summed E-state index contributed by atoms with van der Waals surface area (Å²) in [5, 5.41) is 4.33. The van der Waals surface area contributed by atoms with Gasteiger partial charge in [0.05, 0.1) is 0 Å². The highest BCUT2D eigenvalue weighted by Crippen LogP contribution is 2.19. The van der Waals surface area contributed by atoms with E-state index in [1.165, 1.54) is 6.42 Å². The maximum Gasteiger partial charge on any atom is 0.271 e. The van der Waals surface area contributed by atoms with E-state index in [0.29, 0.717) is 5.56 Å². The summed E-state index contributed by atoms with van der Waals surface area (Å²) in [7, 11) is 0. The lowest BCUT2D eigenvalue weighted by molar-refractivity contribution is 0.0954. The van der Waals surface area contributed by atoms with Gasteiger partial charge >= 0.3 is 0 Å². The maximum atomic E-state index is 12.3. The van der Waals surface area contributed by atoms with Crippen LogP contribution in [0.25, 0.3) is 11.1 Å². The zero-order valence-corrected chi connectivity index (χ0v) is 14.7. The SMILES string of the molecule is CCCN1CCC(=NNC(=O)c2ccc(-c3ccccc3)cc2)CC1. The topological polar surface area (TPSA) is 44.7 Å². The van der Waals surface area contributed by atoms with Gasteiger partial charge in [0.25, 0.3) is 5.91 Å². The van der Waals surface area contributed by atoms with Gasteiger partial charge in [-0.05, 0) is 36.2 Å². The lowest BCUT2D eigenvalue weighted by atomic mass is 10.0. The first kappa shape index (κ1) is 17.4. The fraction of sp³-hybridized carbons (Fsp3) is 0.333. The maximum absolute atomic E-state index is 12.3. The Morgan fingerprint density at radius 2 is 1.64 bits per heavy atom. The Bertz CT molecular complexity index is 713. The van der Waals surface area contributed by atoms with Crippen molar-refractivity contribution in [1.82, 2.24) is 10.3 Å². The first-order valence-corrected chi connectivity index (χ1v) is 9.00. The lowest BCUT2D eigenvalue weighted by Crippen LogP contribution is -2.35. The quantitative estimate of drug-likeness (QED) is 0.841. The van der Waals surface area contributed by atoms with Crippen LogP contribution in [0.2, 0.25) is 0 Å². The van der Waals surface area contributed by atoms with E-state index >= 15 is 0 Å². The number of carbonyl (C=O) groups is 1. The van der Waals surface area contributed by atoms with Crippen LogP contribution in [0, 0.1) is 0 Å². The first-order chi connectivity index (χ1) is 12.3. The van der Waals surface area contributed by atoms with Gasteiger partial charge in [0, 0.05) is 37.2 Å². The molecular weight excluding hydrogens is 310 g/mol. The fourth-order valence-corrected chi connectivity index (χ4v) is 3.10. The third-order valence-electron chi connectivity index (χ3n) is 4.54. The highest BCUT2D eigenvalue weighted by molar-refractivity contribution is 5.96. The molecule has 0 atom stereocenters. The van der Waals surface area contributed by atoms with Gasteiger partial charge in [-0.15, -0.1) is 0 Å². The van der Waals surface area contributed by atoms with Crippen molar-refractivity contribution in [3.05, 3.63) is 60.2 Å². The average molecular weight is 335 g/mol. The average Bonchev–Trinajstić information content (AvgIpc) is 2.68. The minimum atomic E-state index is -0.150. The van der Waals surface area contributed by atoms with Crippen LogP contribution in [0.5, 0.6) is 0 Å². The second-order valence-corrected chi connectivity index (χ2v) is 6.40. The lowest BCUT2D eigenvalue weighted by Gasteiger charge is -2.26. The monoisotopic (exact) mass is 335 g/mol. The van der Waals surface area contributed by atoms with Crippen LogP contribution < -0.4 is 5.43 Å². The number of nitrogens with one attached hydrogen (secondary N) is 1. The number of hydrazone groups is 1. The smallest absolute Gasteiger partial charge is 0.271 e. The van der Waals surface area contributed by atoms with Crippen molar-refractivity contribution in [3.8, 4) is 11.1 Å². The number of hydrogen-bond donors (Lipinski definition) is 1. The Labute approximate surface area is 149 Å². The predicted octanol–water partition coefficient (Wildman–Crippen LogP) is 3.95. The summed E-state index contributed by atoms with van der Waals surface area (Å²) in [6.45, 7) is 5.42. The number of benzene rings is 2.